The summed E-state index contributed by atoms with van der Waals surface area (Å²) in [5, 5.41) is 9.28. The number of halogens is 1. The molecule has 1 aliphatic heterocycles. The zero-order valence-electron chi connectivity index (χ0n) is 12.6. The molecule has 126 valence electrons. The largest absolute Gasteiger partial charge is 0.477 e. The topological polar surface area (TPSA) is 90.5 Å². The first kappa shape index (κ1) is 16.1. The zero-order chi connectivity index (χ0) is 17.3. The Morgan fingerprint density at radius 1 is 1.17 bits per heavy atom. The van der Waals surface area contributed by atoms with Crippen LogP contribution in [0, 0.1) is 5.82 Å². The minimum atomic E-state index is -1.42. The van der Waals surface area contributed by atoms with Gasteiger partial charge in [0.25, 0.3) is 5.56 Å². The van der Waals surface area contributed by atoms with Gasteiger partial charge in [-0.2, -0.15) is 0 Å². The van der Waals surface area contributed by atoms with Crippen LogP contribution >= 0.6 is 0 Å². The Hall–Kier alpha value is -2.74. The molecule has 0 radical (unpaired) electrons. The molecule has 2 aromatic rings. The number of hydrogen-bond acceptors (Lipinski definition) is 4. The Kier molecular flexibility index (Phi) is 4.30. The number of ether oxygens (including phenoxy) is 1. The van der Waals surface area contributed by atoms with Crippen LogP contribution in [0.4, 0.5) is 4.39 Å². The summed E-state index contributed by atoms with van der Waals surface area (Å²) in [4.78, 5) is 36.5. The number of hydrogen-bond donors (Lipinski definition) is 1. The highest BCUT2D eigenvalue weighted by molar-refractivity contribution is 5.86. The number of aromatic nitrogens is 2. The van der Waals surface area contributed by atoms with Crippen LogP contribution in [0.1, 0.15) is 29.2 Å². The first-order valence-corrected chi connectivity index (χ1v) is 7.44. The number of aromatic carboxylic acids is 1. The van der Waals surface area contributed by atoms with Crippen molar-refractivity contribution in [2.24, 2.45) is 0 Å². The highest BCUT2D eigenvalue weighted by Crippen LogP contribution is 2.19. The van der Waals surface area contributed by atoms with Crippen molar-refractivity contribution in [3.63, 3.8) is 0 Å². The maximum absolute atomic E-state index is 13.1. The van der Waals surface area contributed by atoms with Gasteiger partial charge < -0.3 is 9.84 Å². The summed E-state index contributed by atoms with van der Waals surface area (Å²) in [7, 11) is 0. The van der Waals surface area contributed by atoms with Crippen LogP contribution in [-0.4, -0.2) is 33.4 Å². The molecule has 0 atom stereocenters. The molecule has 24 heavy (non-hydrogen) atoms. The van der Waals surface area contributed by atoms with E-state index in [1.807, 2.05) is 0 Å². The molecule has 1 N–H and O–H groups in total. The van der Waals surface area contributed by atoms with Crippen LogP contribution in [0.15, 0.2) is 40.1 Å². The fraction of sp³-hybridized carbons (Fsp3) is 0.312. The van der Waals surface area contributed by atoms with E-state index in [4.69, 9.17) is 4.74 Å². The smallest absolute Gasteiger partial charge is 0.342 e. The molecule has 0 bridgehead atoms. The van der Waals surface area contributed by atoms with E-state index in [9.17, 15) is 23.9 Å². The minimum Gasteiger partial charge on any atom is -0.477 e. The second kappa shape index (κ2) is 6.40. The Labute approximate surface area is 135 Å². The van der Waals surface area contributed by atoms with Gasteiger partial charge in [-0.15, -0.1) is 0 Å². The third kappa shape index (κ3) is 2.88. The molecule has 0 unspecified atom stereocenters. The molecule has 1 saturated heterocycles. The molecule has 0 aliphatic carbocycles. The first-order chi connectivity index (χ1) is 11.5. The molecule has 1 aliphatic rings. The van der Waals surface area contributed by atoms with E-state index in [0.717, 1.165) is 22.9 Å². The van der Waals surface area contributed by atoms with Crippen LogP contribution in [-0.2, 0) is 4.74 Å². The van der Waals surface area contributed by atoms with Gasteiger partial charge in [0.2, 0.25) is 0 Å². The summed E-state index contributed by atoms with van der Waals surface area (Å²) in [6.07, 6.45) is 2.17. The third-order valence-corrected chi connectivity index (χ3v) is 4.01. The van der Waals surface area contributed by atoms with E-state index < -0.39 is 28.6 Å². The summed E-state index contributed by atoms with van der Waals surface area (Å²) in [5.41, 5.74) is -1.98. The lowest BCUT2D eigenvalue weighted by molar-refractivity contribution is 0.0662. The molecular weight excluding hydrogens is 319 g/mol. The van der Waals surface area contributed by atoms with Gasteiger partial charge in [0.15, 0.2) is 0 Å². The average Bonchev–Trinajstić information content (AvgIpc) is 2.57. The van der Waals surface area contributed by atoms with Crippen LogP contribution in [0.25, 0.3) is 5.69 Å². The SMILES string of the molecule is O=C(O)c1cn(C2CCOCC2)c(=O)n(-c2ccc(F)cc2)c1=O. The lowest BCUT2D eigenvalue weighted by Gasteiger charge is -2.25. The monoisotopic (exact) mass is 334 g/mol. The van der Waals surface area contributed by atoms with Gasteiger partial charge in [-0.05, 0) is 37.1 Å². The van der Waals surface area contributed by atoms with E-state index in [1.165, 1.54) is 16.7 Å². The van der Waals surface area contributed by atoms with Crippen LogP contribution in [0.5, 0.6) is 0 Å². The van der Waals surface area contributed by atoms with E-state index in [2.05, 4.69) is 0 Å². The Bertz CT molecular complexity index is 879. The number of benzene rings is 1. The van der Waals surface area contributed by atoms with Crippen molar-refractivity contribution in [3.05, 3.63) is 62.7 Å². The predicted octanol–water partition coefficient (Wildman–Crippen LogP) is 1.19. The molecule has 1 aromatic heterocycles. The molecule has 0 spiro atoms. The third-order valence-electron chi connectivity index (χ3n) is 4.01. The van der Waals surface area contributed by atoms with Gasteiger partial charge in [0.1, 0.15) is 11.4 Å². The van der Waals surface area contributed by atoms with Crippen LogP contribution < -0.4 is 11.2 Å². The predicted molar refractivity (Wildman–Crippen MR) is 82.3 cm³/mol. The zero-order valence-corrected chi connectivity index (χ0v) is 12.6. The van der Waals surface area contributed by atoms with E-state index in [-0.39, 0.29) is 11.7 Å². The van der Waals surface area contributed by atoms with Gasteiger partial charge in [-0.3, -0.25) is 9.36 Å². The molecule has 0 amide bonds. The molecule has 0 saturated carbocycles. The van der Waals surface area contributed by atoms with Gasteiger partial charge in [0, 0.05) is 25.5 Å². The number of carboxylic acid groups (broad SMARTS) is 1. The summed E-state index contributed by atoms with van der Waals surface area (Å²) >= 11 is 0. The van der Waals surface area contributed by atoms with Crippen molar-refractivity contribution in [1.82, 2.24) is 9.13 Å². The van der Waals surface area contributed by atoms with Crippen molar-refractivity contribution in [1.29, 1.82) is 0 Å². The Morgan fingerprint density at radius 3 is 2.38 bits per heavy atom. The molecule has 3 rings (SSSR count). The summed E-state index contributed by atoms with van der Waals surface area (Å²) < 4.78 is 20.4. The fourth-order valence-electron chi connectivity index (χ4n) is 2.76. The average molecular weight is 334 g/mol. The molecule has 8 heteroatoms. The van der Waals surface area contributed by atoms with Gasteiger partial charge in [-0.25, -0.2) is 18.5 Å². The quantitative estimate of drug-likeness (QED) is 0.910. The van der Waals surface area contributed by atoms with Crippen LogP contribution in [0.2, 0.25) is 0 Å². The lowest BCUT2D eigenvalue weighted by Crippen LogP contribution is -2.43. The number of carboxylic acids is 1. The molecule has 2 heterocycles. The van der Waals surface area contributed by atoms with Crippen LogP contribution in [0.3, 0.4) is 0 Å². The highest BCUT2D eigenvalue weighted by Gasteiger charge is 2.23. The summed E-state index contributed by atoms with van der Waals surface area (Å²) in [5.74, 6) is -1.94. The highest BCUT2D eigenvalue weighted by atomic mass is 19.1. The van der Waals surface area contributed by atoms with Gasteiger partial charge in [-0.1, -0.05) is 0 Å². The van der Waals surface area contributed by atoms with E-state index in [0.29, 0.717) is 26.1 Å². The molecule has 1 fully saturated rings. The van der Waals surface area contributed by atoms with E-state index in [1.54, 1.807) is 0 Å². The normalized spacial score (nSPS) is 15.4. The molecular formula is C16H15FN2O5. The fourth-order valence-corrected chi connectivity index (χ4v) is 2.76. The van der Waals surface area contributed by atoms with Crippen molar-refractivity contribution in [3.8, 4) is 5.69 Å². The standard InChI is InChI=1S/C16H15FN2O5/c17-10-1-3-12(4-2-10)19-14(20)13(15(21)22)9-18(16(19)23)11-5-7-24-8-6-11/h1-4,9,11H,5-8H2,(H,21,22). The maximum Gasteiger partial charge on any atom is 0.342 e. The maximum atomic E-state index is 13.1. The van der Waals surface area contributed by atoms with E-state index >= 15 is 0 Å². The number of nitrogens with zero attached hydrogens (tertiary/aromatic N) is 2. The van der Waals surface area contributed by atoms with Crippen molar-refractivity contribution >= 4 is 5.97 Å². The Morgan fingerprint density at radius 2 is 1.79 bits per heavy atom. The number of carbonyl (C=O) groups is 1. The van der Waals surface area contributed by atoms with Crippen molar-refractivity contribution in [2.45, 2.75) is 18.9 Å². The Balaban J connectivity index is 2.25. The molecule has 7 nitrogen and oxygen atoms in total. The van der Waals surface area contributed by atoms with Crippen molar-refractivity contribution in [2.75, 3.05) is 13.2 Å². The first-order valence-electron chi connectivity index (χ1n) is 7.44. The van der Waals surface area contributed by atoms with Gasteiger partial charge in [0.05, 0.1) is 5.69 Å². The summed E-state index contributed by atoms with van der Waals surface area (Å²) in [6, 6.07) is 4.48. The second-order valence-electron chi connectivity index (χ2n) is 5.50. The minimum absolute atomic E-state index is 0.121. The number of rotatable bonds is 3. The second-order valence-corrected chi connectivity index (χ2v) is 5.50. The molecule has 1 aromatic carbocycles. The summed E-state index contributed by atoms with van der Waals surface area (Å²) in [6.45, 7) is 0.907. The lowest BCUT2D eigenvalue weighted by atomic mass is 10.1. The van der Waals surface area contributed by atoms with Gasteiger partial charge >= 0.3 is 11.7 Å². The van der Waals surface area contributed by atoms with Crippen molar-refractivity contribution < 1.29 is 19.0 Å².